The monoisotopic (exact) mass is 984 g/mol. The van der Waals surface area contributed by atoms with Crippen molar-refractivity contribution in [3.8, 4) is 34.5 Å². The summed E-state index contributed by atoms with van der Waals surface area (Å²) in [5.74, 6) is 4.75. The number of aryl methyl sites for hydroxylation is 1. The van der Waals surface area contributed by atoms with Crippen molar-refractivity contribution < 1.29 is 38.3 Å². The van der Waals surface area contributed by atoms with Gasteiger partial charge in [-0.1, -0.05) is 121 Å². The molecule has 8 aromatic rings. The molecule has 0 bridgehead atoms. The van der Waals surface area contributed by atoms with E-state index in [1.165, 1.54) is 10.8 Å². The molecule has 13 heteroatoms. The fourth-order valence-electron chi connectivity index (χ4n) is 8.07. The van der Waals surface area contributed by atoms with Crippen LogP contribution in [0, 0.1) is 6.92 Å². The molecule has 0 aliphatic carbocycles. The van der Waals surface area contributed by atoms with E-state index >= 15 is 0 Å². The van der Waals surface area contributed by atoms with Crippen molar-refractivity contribution in [1.82, 2.24) is 9.55 Å². The molecule has 0 saturated carbocycles. The molecule has 1 aliphatic rings. The van der Waals surface area contributed by atoms with Gasteiger partial charge >= 0.3 is 5.69 Å². The zero-order valence-corrected chi connectivity index (χ0v) is 40.7. The minimum absolute atomic E-state index is 0.205. The first-order valence-corrected chi connectivity index (χ1v) is 25.0. The van der Waals surface area contributed by atoms with Gasteiger partial charge in [0.05, 0.1) is 12.2 Å². The number of nitrogens with zero attached hydrogens (tertiary/aromatic N) is 1. The number of nitrogens with one attached hydrogen (secondary N) is 1. The molecule has 9 rings (SSSR count). The number of rotatable bonds is 23. The van der Waals surface area contributed by atoms with Crippen LogP contribution in [0.15, 0.2) is 192 Å². The first-order chi connectivity index (χ1) is 35.2. The maximum atomic E-state index is 12.6. The molecule has 0 amide bonds. The Labute approximate surface area is 422 Å². The smallest absolute Gasteiger partial charge is 0.330 e. The number of aliphatic hydroxyl groups excluding tert-OH is 1. The standard InChI is InChI=1S/C59H56N2O10S/c1-41-32-61(59(64)60-58(41)63)57-31-55(62)56(71-57)40-72-39-48-26-53(69-37-46-22-49(65-33-42-14-6-2-7-15-42)28-50(23-46)66-34-43-16-8-3-9-17-43)30-54(27-48)70-38-47-24-51(67-35-44-18-10-4-11-19-44)29-52(25-47)68-36-45-20-12-5-13-21-45/h2-30,32,55-57,62H,31,33-40H2,1H3,(H,60,63,64)/t55-,56+,57+/m0/s1. The molecule has 3 atom stereocenters. The van der Waals surface area contributed by atoms with E-state index < -0.39 is 29.7 Å². The van der Waals surface area contributed by atoms with Gasteiger partial charge in [0.1, 0.15) is 80.4 Å². The topological polar surface area (TPSA) is 140 Å². The van der Waals surface area contributed by atoms with Crippen LogP contribution in [-0.4, -0.2) is 32.6 Å². The molecule has 72 heavy (non-hydrogen) atoms. The van der Waals surface area contributed by atoms with Crippen LogP contribution >= 0.6 is 11.8 Å². The van der Waals surface area contributed by atoms with Crippen LogP contribution in [0.2, 0.25) is 0 Å². The van der Waals surface area contributed by atoms with Crippen LogP contribution in [-0.2, 0) is 50.1 Å². The Kier molecular flexibility index (Phi) is 16.7. The van der Waals surface area contributed by atoms with E-state index in [-0.39, 0.29) is 19.6 Å². The van der Waals surface area contributed by atoms with E-state index in [4.69, 9.17) is 33.2 Å². The van der Waals surface area contributed by atoms with Crippen molar-refractivity contribution in [2.45, 2.75) is 77.2 Å². The summed E-state index contributed by atoms with van der Waals surface area (Å²) < 4.78 is 45.8. The predicted octanol–water partition coefficient (Wildman–Crippen LogP) is 10.9. The summed E-state index contributed by atoms with van der Waals surface area (Å²) in [6.07, 6.45) is -0.368. The van der Waals surface area contributed by atoms with Crippen LogP contribution in [0.4, 0.5) is 0 Å². The molecule has 1 aliphatic heterocycles. The summed E-state index contributed by atoms with van der Waals surface area (Å²) >= 11 is 1.58. The zero-order valence-electron chi connectivity index (χ0n) is 39.9. The Bertz CT molecular complexity index is 2840. The minimum atomic E-state index is -0.807. The van der Waals surface area contributed by atoms with Crippen molar-refractivity contribution in [2.75, 3.05) is 5.75 Å². The van der Waals surface area contributed by atoms with Gasteiger partial charge in [-0.15, -0.1) is 0 Å². The minimum Gasteiger partial charge on any atom is -0.489 e. The number of benzene rings is 7. The number of aliphatic hydroxyl groups is 1. The van der Waals surface area contributed by atoms with Crippen LogP contribution < -0.4 is 39.7 Å². The van der Waals surface area contributed by atoms with Gasteiger partial charge in [0, 0.05) is 47.9 Å². The number of aromatic amines is 1. The summed E-state index contributed by atoms with van der Waals surface area (Å²) in [6.45, 7) is 3.59. The predicted molar refractivity (Wildman–Crippen MR) is 278 cm³/mol. The highest BCUT2D eigenvalue weighted by Gasteiger charge is 2.35. The summed E-state index contributed by atoms with van der Waals surface area (Å²) in [5.41, 5.74) is 6.15. The normalized spacial score (nSPS) is 15.2. The second-order valence-corrected chi connectivity index (χ2v) is 18.6. The SMILES string of the molecule is Cc1cn([C@H]2C[C@H](O)[C@@H](CSCc3cc(OCc4cc(OCc5ccccc5)cc(OCc5ccccc5)c4)cc(OCc4cc(OCc5ccccc5)cc(OCc5ccccc5)c4)c3)O2)c(=O)[nH]c1=O. The third-order valence-electron chi connectivity index (χ3n) is 11.8. The van der Waals surface area contributed by atoms with E-state index in [9.17, 15) is 14.7 Å². The van der Waals surface area contributed by atoms with Gasteiger partial charge in [0.15, 0.2) is 0 Å². The Morgan fingerprint density at radius 1 is 0.514 bits per heavy atom. The van der Waals surface area contributed by atoms with E-state index in [0.29, 0.717) is 78.0 Å². The molecule has 7 aromatic carbocycles. The molecule has 368 valence electrons. The Morgan fingerprint density at radius 3 is 1.24 bits per heavy atom. The van der Waals surface area contributed by atoms with E-state index in [0.717, 1.165) is 38.9 Å². The third kappa shape index (κ3) is 14.2. The lowest BCUT2D eigenvalue weighted by molar-refractivity contribution is -0.00765. The maximum absolute atomic E-state index is 12.6. The van der Waals surface area contributed by atoms with E-state index in [2.05, 4.69) is 4.98 Å². The third-order valence-corrected chi connectivity index (χ3v) is 12.9. The van der Waals surface area contributed by atoms with Crippen molar-refractivity contribution in [1.29, 1.82) is 0 Å². The van der Waals surface area contributed by atoms with Crippen molar-refractivity contribution >= 4 is 11.8 Å². The van der Waals surface area contributed by atoms with Gasteiger partial charge < -0.3 is 38.3 Å². The molecular weight excluding hydrogens is 929 g/mol. The molecule has 1 aromatic heterocycles. The van der Waals surface area contributed by atoms with Crippen LogP contribution in [0.1, 0.15) is 57.2 Å². The Balaban J connectivity index is 0.938. The molecule has 0 radical (unpaired) electrons. The van der Waals surface area contributed by atoms with Crippen LogP contribution in [0.5, 0.6) is 34.5 Å². The number of thioether (sulfide) groups is 1. The van der Waals surface area contributed by atoms with Gasteiger partial charge in [-0.2, -0.15) is 11.8 Å². The summed E-state index contributed by atoms with van der Waals surface area (Å²) in [6, 6.07) is 57.5. The molecule has 0 spiro atoms. The highest BCUT2D eigenvalue weighted by Crippen LogP contribution is 2.34. The number of hydrogen-bond donors (Lipinski definition) is 2. The molecule has 12 nitrogen and oxygen atoms in total. The Morgan fingerprint density at radius 2 is 0.861 bits per heavy atom. The number of aromatic nitrogens is 2. The van der Waals surface area contributed by atoms with Gasteiger partial charge in [-0.25, -0.2) is 4.79 Å². The second-order valence-electron chi connectivity index (χ2n) is 17.5. The van der Waals surface area contributed by atoms with Crippen molar-refractivity contribution in [2.24, 2.45) is 0 Å². The summed E-state index contributed by atoms with van der Waals surface area (Å²) in [7, 11) is 0. The lowest BCUT2D eigenvalue weighted by atomic mass is 10.2. The zero-order chi connectivity index (χ0) is 49.5. The quantitative estimate of drug-likeness (QED) is 0.0633. The van der Waals surface area contributed by atoms with Crippen LogP contribution in [0.25, 0.3) is 0 Å². The van der Waals surface area contributed by atoms with Gasteiger partial charge in [-0.3, -0.25) is 14.3 Å². The van der Waals surface area contributed by atoms with Gasteiger partial charge in [0.2, 0.25) is 0 Å². The summed E-state index contributed by atoms with van der Waals surface area (Å²) in [4.78, 5) is 27.0. The lowest BCUT2D eigenvalue weighted by Gasteiger charge is -2.17. The number of ether oxygens (including phenoxy) is 7. The Hall–Kier alpha value is -7.71. The summed E-state index contributed by atoms with van der Waals surface area (Å²) in [5, 5.41) is 11.0. The molecule has 2 N–H and O–H groups in total. The van der Waals surface area contributed by atoms with Gasteiger partial charge in [0.25, 0.3) is 5.56 Å². The first kappa shape index (κ1) is 49.3. The highest BCUT2D eigenvalue weighted by atomic mass is 32.2. The number of hydrogen-bond acceptors (Lipinski definition) is 11. The van der Waals surface area contributed by atoms with Gasteiger partial charge in [-0.05, 0) is 82.3 Å². The molecule has 2 heterocycles. The average Bonchev–Trinajstić information content (AvgIpc) is 3.78. The number of H-pyrrole nitrogens is 1. The highest BCUT2D eigenvalue weighted by molar-refractivity contribution is 7.98. The molecule has 1 fully saturated rings. The second kappa shape index (κ2) is 24.4. The maximum Gasteiger partial charge on any atom is 0.330 e. The first-order valence-electron chi connectivity index (χ1n) is 23.8. The van der Waals surface area contributed by atoms with E-state index in [1.807, 2.05) is 176 Å². The molecular formula is C59H56N2O10S. The average molecular weight is 985 g/mol. The lowest BCUT2D eigenvalue weighted by Crippen LogP contribution is -2.33. The fraction of sp³-hybridized carbons (Fsp3) is 0.220. The fourth-order valence-corrected chi connectivity index (χ4v) is 9.12. The van der Waals surface area contributed by atoms with Crippen molar-refractivity contribution in [3.63, 3.8) is 0 Å². The van der Waals surface area contributed by atoms with Crippen LogP contribution in [0.3, 0.4) is 0 Å². The largest absolute Gasteiger partial charge is 0.489 e. The van der Waals surface area contributed by atoms with E-state index in [1.54, 1.807) is 18.7 Å². The van der Waals surface area contributed by atoms with Crippen molar-refractivity contribution in [3.05, 3.63) is 247 Å². The molecule has 1 saturated heterocycles. The molecule has 0 unspecified atom stereocenters.